The van der Waals surface area contributed by atoms with Crippen molar-refractivity contribution < 1.29 is 35.9 Å². The number of hydrogen-bond acceptors (Lipinski definition) is 7. The molecule has 1 fully saturated rings. The van der Waals surface area contributed by atoms with E-state index in [0.29, 0.717) is 30.3 Å². The third-order valence-corrected chi connectivity index (χ3v) is 7.24. The molecule has 1 aromatic carbocycles. The summed E-state index contributed by atoms with van der Waals surface area (Å²) < 4.78 is 80.9. The van der Waals surface area contributed by atoms with Crippen LogP contribution in [-0.4, -0.2) is 31.4 Å². The van der Waals surface area contributed by atoms with Crippen LogP contribution in [0, 0.1) is 17.5 Å². The first-order chi connectivity index (χ1) is 16.6. The first-order valence-corrected chi connectivity index (χ1v) is 11.8. The molecule has 2 N–H and O–H groups in total. The fraction of sp³-hybridized carbons (Fsp3) is 0.227. The van der Waals surface area contributed by atoms with E-state index in [9.17, 15) is 22.0 Å². The molecule has 1 aliphatic carbocycles. The molecule has 35 heavy (non-hydrogen) atoms. The highest BCUT2D eigenvalue weighted by atomic mass is 32.2. The number of carbonyl (C=O) groups is 1. The van der Waals surface area contributed by atoms with Crippen molar-refractivity contribution in [2.24, 2.45) is 0 Å². The van der Waals surface area contributed by atoms with Crippen molar-refractivity contribution in [2.75, 3.05) is 17.1 Å². The lowest BCUT2D eigenvalue weighted by Crippen LogP contribution is -2.18. The molecular formula is C22H17F3N4O5S. The Kier molecular flexibility index (Phi) is 5.31. The summed E-state index contributed by atoms with van der Waals surface area (Å²) in [6, 6.07) is 4.00. The maximum absolute atomic E-state index is 15.1. The minimum atomic E-state index is -4.55. The lowest BCUT2D eigenvalue weighted by atomic mass is 10.00. The number of amides is 1. The Balaban J connectivity index is 1.39. The number of halogens is 3. The molecule has 3 heterocycles. The van der Waals surface area contributed by atoms with E-state index in [1.165, 1.54) is 6.20 Å². The van der Waals surface area contributed by atoms with Crippen LogP contribution in [0.4, 0.5) is 24.7 Å². The average molecular weight is 506 g/mol. The number of carbonyl (C=O) groups excluding carboxylic acids is 1. The summed E-state index contributed by atoms with van der Waals surface area (Å²) in [5.41, 5.74) is -1.09. The lowest BCUT2D eigenvalue weighted by molar-refractivity contribution is -0.117. The maximum Gasteiger partial charge on any atom is 0.267 e. The highest BCUT2D eigenvalue weighted by Crippen LogP contribution is 2.55. The van der Waals surface area contributed by atoms with Crippen LogP contribution >= 0.6 is 0 Å². The number of benzene rings is 1. The zero-order valence-electron chi connectivity index (χ0n) is 18.1. The highest BCUT2D eigenvalue weighted by molar-refractivity contribution is 7.92. The Morgan fingerprint density at radius 2 is 1.91 bits per heavy atom. The molecule has 5 rings (SSSR count). The van der Waals surface area contributed by atoms with Crippen molar-refractivity contribution in [3.05, 3.63) is 65.2 Å². The molecule has 0 radical (unpaired) electrons. The number of anilines is 2. The summed E-state index contributed by atoms with van der Waals surface area (Å²) in [6.45, 7) is -0.590. The number of hydrogen-bond donors (Lipinski definition) is 2. The Bertz CT molecular complexity index is 1480. The van der Waals surface area contributed by atoms with Crippen molar-refractivity contribution >= 4 is 27.4 Å². The van der Waals surface area contributed by atoms with Gasteiger partial charge < -0.3 is 14.8 Å². The summed E-state index contributed by atoms with van der Waals surface area (Å²) in [7, 11) is -3.41. The van der Waals surface area contributed by atoms with Gasteiger partial charge in [0.15, 0.2) is 10.7 Å². The molecule has 2 aliphatic rings. The minimum Gasteiger partial charge on any atom is -0.487 e. The molecule has 13 heteroatoms. The van der Waals surface area contributed by atoms with E-state index in [1.807, 2.05) is 4.72 Å². The third-order valence-electron chi connectivity index (χ3n) is 5.88. The number of nitrogens with zero attached hydrogens (tertiary/aromatic N) is 2. The summed E-state index contributed by atoms with van der Waals surface area (Å²) in [5.74, 6) is -3.08. The predicted molar refractivity (Wildman–Crippen MR) is 116 cm³/mol. The van der Waals surface area contributed by atoms with E-state index >= 15 is 4.39 Å². The number of nitrogens with one attached hydrogen (secondary N) is 2. The molecule has 0 saturated heterocycles. The van der Waals surface area contributed by atoms with Gasteiger partial charge in [-0.1, -0.05) is 0 Å². The normalized spacial score (nSPS) is 15.5. The van der Waals surface area contributed by atoms with E-state index in [4.69, 9.17) is 9.47 Å². The number of sulfonamides is 1. The summed E-state index contributed by atoms with van der Waals surface area (Å²) in [4.78, 5) is 19.1. The second-order valence-electron chi connectivity index (χ2n) is 8.05. The zero-order chi connectivity index (χ0) is 25.0. The molecule has 9 nitrogen and oxygen atoms in total. The molecule has 1 amide bonds. The predicted octanol–water partition coefficient (Wildman–Crippen LogP) is 3.27. The van der Waals surface area contributed by atoms with Gasteiger partial charge in [0.05, 0.1) is 36.2 Å². The van der Waals surface area contributed by atoms with E-state index in [-0.39, 0.29) is 11.7 Å². The van der Waals surface area contributed by atoms with Gasteiger partial charge in [0.1, 0.15) is 29.8 Å². The SMILES string of the molecule is COc1ncc(F)cc1S(=O)(=O)Nc1ccc(F)c(COc2cnc3c(c2)C2(CC2)C(=O)N3)c1F. The van der Waals surface area contributed by atoms with Crippen LogP contribution in [0.5, 0.6) is 11.6 Å². The summed E-state index contributed by atoms with van der Waals surface area (Å²) >= 11 is 0. The first-order valence-electron chi connectivity index (χ1n) is 10.3. The van der Waals surface area contributed by atoms with Crippen LogP contribution in [0.3, 0.4) is 0 Å². The number of methoxy groups -OCH3 is 1. The topological polar surface area (TPSA) is 120 Å². The number of fused-ring (bicyclic) bond motifs is 2. The molecule has 2 aromatic heterocycles. The fourth-order valence-corrected chi connectivity index (χ4v) is 5.07. The van der Waals surface area contributed by atoms with Crippen molar-refractivity contribution in [3.63, 3.8) is 0 Å². The second kappa shape index (κ2) is 8.12. The van der Waals surface area contributed by atoms with Crippen molar-refractivity contribution in [1.29, 1.82) is 0 Å². The van der Waals surface area contributed by atoms with Crippen LogP contribution in [0.25, 0.3) is 0 Å². The van der Waals surface area contributed by atoms with E-state index in [2.05, 4.69) is 15.3 Å². The van der Waals surface area contributed by atoms with Gasteiger partial charge in [0, 0.05) is 11.6 Å². The van der Waals surface area contributed by atoms with Crippen molar-refractivity contribution in [2.45, 2.75) is 29.8 Å². The molecule has 0 atom stereocenters. The fourth-order valence-electron chi connectivity index (χ4n) is 3.88. The number of aromatic nitrogens is 2. The second-order valence-corrected chi connectivity index (χ2v) is 9.70. The van der Waals surface area contributed by atoms with Crippen LogP contribution in [0.1, 0.15) is 24.0 Å². The largest absolute Gasteiger partial charge is 0.487 e. The van der Waals surface area contributed by atoms with Gasteiger partial charge in [0.25, 0.3) is 10.0 Å². The molecular weight excluding hydrogens is 489 g/mol. The van der Waals surface area contributed by atoms with Gasteiger partial charge in [-0.25, -0.2) is 31.6 Å². The Morgan fingerprint density at radius 3 is 2.63 bits per heavy atom. The van der Waals surface area contributed by atoms with Crippen LogP contribution < -0.4 is 19.5 Å². The molecule has 0 bridgehead atoms. The molecule has 1 aliphatic heterocycles. The first kappa shape index (κ1) is 22.9. The van der Waals surface area contributed by atoms with Gasteiger partial charge in [0.2, 0.25) is 11.8 Å². The molecule has 1 saturated carbocycles. The third kappa shape index (κ3) is 3.91. The average Bonchev–Trinajstić information content (AvgIpc) is 3.58. The number of ether oxygens (including phenoxy) is 2. The van der Waals surface area contributed by atoms with Crippen molar-refractivity contribution in [3.8, 4) is 11.6 Å². The number of pyridine rings is 2. The van der Waals surface area contributed by atoms with E-state index in [0.717, 1.165) is 25.4 Å². The Hall–Kier alpha value is -3.87. The smallest absolute Gasteiger partial charge is 0.267 e. The monoisotopic (exact) mass is 506 g/mol. The lowest BCUT2D eigenvalue weighted by Gasteiger charge is -2.14. The van der Waals surface area contributed by atoms with Gasteiger partial charge in [-0.05, 0) is 31.0 Å². The van der Waals surface area contributed by atoms with Gasteiger partial charge in [-0.2, -0.15) is 0 Å². The maximum atomic E-state index is 15.1. The highest BCUT2D eigenvalue weighted by Gasteiger charge is 2.57. The molecule has 3 aromatic rings. The van der Waals surface area contributed by atoms with Crippen LogP contribution in [0.15, 0.2) is 41.6 Å². The summed E-state index contributed by atoms with van der Waals surface area (Å²) in [6.07, 6.45) is 3.42. The minimum absolute atomic E-state index is 0.139. The summed E-state index contributed by atoms with van der Waals surface area (Å²) in [5, 5.41) is 2.70. The van der Waals surface area contributed by atoms with Crippen molar-refractivity contribution in [1.82, 2.24) is 9.97 Å². The van der Waals surface area contributed by atoms with Gasteiger partial charge in [-0.15, -0.1) is 0 Å². The quantitative estimate of drug-likeness (QED) is 0.505. The Labute approximate surface area is 197 Å². The van der Waals surface area contributed by atoms with E-state index in [1.54, 1.807) is 6.07 Å². The van der Waals surface area contributed by atoms with Gasteiger partial charge >= 0.3 is 0 Å². The van der Waals surface area contributed by atoms with Gasteiger partial charge in [-0.3, -0.25) is 9.52 Å². The molecule has 182 valence electrons. The van der Waals surface area contributed by atoms with Crippen LogP contribution in [-0.2, 0) is 26.8 Å². The zero-order valence-corrected chi connectivity index (χ0v) is 18.9. The molecule has 1 spiro atoms. The van der Waals surface area contributed by atoms with E-state index < -0.39 is 61.5 Å². The Morgan fingerprint density at radius 1 is 1.14 bits per heavy atom. The van der Waals surface area contributed by atoms with Crippen LogP contribution in [0.2, 0.25) is 0 Å². The number of rotatable bonds is 7. The molecule has 0 unspecified atom stereocenters. The standard InChI is InChI=1S/C22H17F3N4O5S/c1-33-20-17(6-11(23)8-27-20)35(31,32)29-16-3-2-15(24)13(18(16)25)10-34-12-7-14-19(26-9-12)28-21(30)22(14)4-5-22/h2-3,6-9,29H,4-5,10H2,1H3,(H,26,28,30).